The van der Waals surface area contributed by atoms with Crippen LogP contribution in [0.5, 0.6) is 0 Å². The zero-order valence-electron chi connectivity index (χ0n) is 14.9. The summed E-state index contributed by atoms with van der Waals surface area (Å²) in [4.78, 5) is 16.0. The van der Waals surface area contributed by atoms with Gasteiger partial charge in [0, 0.05) is 19.7 Å². The number of hydrogen-bond acceptors (Lipinski definition) is 4. The number of rotatable bonds is 11. The summed E-state index contributed by atoms with van der Waals surface area (Å²) in [6.45, 7) is 9.52. The van der Waals surface area contributed by atoms with Crippen LogP contribution >= 0.6 is 0 Å². The topological polar surface area (TPSA) is 87.9 Å². The summed E-state index contributed by atoms with van der Waals surface area (Å²) < 4.78 is 10.7. The van der Waals surface area contributed by atoms with Gasteiger partial charge in [-0.3, -0.25) is 4.79 Å². The lowest BCUT2D eigenvalue weighted by Crippen LogP contribution is -2.40. The first-order valence-corrected chi connectivity index (χ1v) is 8.50. The highest BCUT2D eigenvalue weighted by Crippen LogP contribution is 1.98. The second-order valence-corrected chi connectivity index (χ2v) is 5.77. The fraction of sp³-hybridized carbons (Fsp3) is 0.647. The number of nitrogens with one attached hydrogen (secondary N) is 3. The molecule has 0 aliphatic rings. The van der Waals surface area contributed by atoms with Gasteiger partial charge >= 0.3 is 0 Å². The molecule has 0 radical (unpaired) electrons. The fourth-order valence-corrected chi connectivity index (χ4v) is 1.81. The van der Waals surface area contributed by atoms with Crippen LogP contribution in [-0.2, 0) is 16.1 Å². The molecule has 7 nitrogen and oxygen atoms in total. The zero-order valence-corrected chi connectivity index (χ0v) is 14.9. The Kier molecular flexibility index (Phi) is 10.4. The average Bonchev–Trinajstić information content (AvgIpc) is 3.07. The molecule has 24 heavy (non-hydrogen) atoms. The molecule has 136 valence electrons. The van der Waals surface area contributed by atoms with Crippen molar-refractivity contribution in [2.75, 3.05) is 32.8 Å². The van der Waals surface area contributed by atoms with E-state index in [2.05, 4.69) is 34.8 Å². The van der Waals surface area contributed by atoms with Gasteiger partial charge in [0.25, 0.3) is 0 Å². The Morgan fingerprint density at radius 3 is 2.79 bits per heavy atom. The molecule has 0 saturated carbocycles. The van der Waals surface area contributed by atoms with E-state index in [0.29, 0.717) is 31.6 Å². The van der Waals surface area contributed by atoms with Crippen LogP contribution in [0.1, 0.15) is 33.0 Å². The molecule has 0 saturated heterocycles. The molecule has 0 aromatic carbocycles. The van der Waals surface area contributed by atoms with Crippen LogP contribution in [0.15, 0.2) is 27.8 Å². The van der Waals surface area contributed by atoms with Crippen molar-refractivity contribution in [2.24, 2.45) is 10.9 Å². The van der Waals surface area contributed by atoms with E-state index in [9.17, 15) is 4.79 Å². The summed E-state index contributed by atoms with van der Waals surface area (Å²) in [6.07, 6.45) is 2.64. The molecular formula is C17H30N4O3. The number of carbonyl (C=O) groups is 1. The van der Waals surface area contributed by atoms with Crippen LogP contribution in [0.3, 0.4) is 0 Å². The predicted octanol–water partition coefficient (Wildman–Crippen LogP) is 1.51. The van der Waals surface area contributed by atoms with Crippen molar-refractivity contribution in [1.29, 1.82) is 0 Å². The van der Waals surface area contributed by atoms with Crippen LogP contribution in [0.25, 0.3) is 0 Å². The second kappa shape index (κ2) is 12.4. The zero-order chi connectivity index (χ0) is 17.6. The molecule has 1 aromatic rings. The van der Waals surface area contributed by atoms with Crippen molar-refractivity contribution in [3.8, 4) is 0 Å². The van der Waals surface area contributed by atoms with Crippen molar-refractivity contribution in [3.63, 3.8) is 0 Å². The van der Waals surface area contributed by atoms with E-state index in [1.165, 1.54) is 0 Å². The van der Waals surface area contributed by atoms with Crippen LogP contribution in [0.4, 0.5) is 0 Å². The van der Waals surface area contributed by atoms with Gasteiger partial charge in [-0.15, -0.1) is 0 Å². The van der Waals surface area contributed by atoms with Crippen molar-refractivity contribution < 1.29 is 13.9 Å². The summed E-state index contributed by atoms with van der Waals surface area (Å²) in [5, 5.41) is 9.01. The van der Waals surface area contributed by atoms with Gasteiger partial charge in [-0.25, -0.2) is 4.99 Å². The molecule has 1 rings (SSSR count). The molecule has 1 amide bonds. The van der Waals surface area contributed by atoms with E-state index in [1.807, 2.05) is 13.0 Å². The maximum atomic E-state index is 11.8. The van der Waals surface area contributed by atoms with Crippen LogP contribution < -0.4 is 16.0 Å². The van der Waals surface area contributed by atoms with Gasteiger partial charge in [0.1, 0.15) is 12.3 Å². The van der Waals surface area contributed by atoms with Crippen LogP contribution in [0, 0.1) is 5.92 Å². The largest absolute Gasteiger partial charge is 0.467 e. The van der Waals surface area contributed by atoms with Crippen molar-refractivity contribution in [2.45, 2.75) is 33.7 Å². The Labute approximate surface area is 144 Å². The summed E-state index contributed by atoms with van der Waals surface area (Å²) in [5.74, 6) is 1.82. The number of amides is 1. The number of hydrogen-bond donors (Lipinski definition) is 3. The summed E-state index contributed by atoms with van der Waals surface area (Å²) in [5.41, 5.74) is 0. The Balaban J connectivity index is 2.21. The Morgan fingerprint density at radius 1 is 1.29 bits per heavy atom. The molecule has 0 aliphatic carbocycles. The van der Waals surface area contributed by atoms with E-state index in [4.69, 9.17) is 9.15 Å². The third-order valence-electron chi connectivity index (χ3n) is 3.14. The number of ether oxygens (including phenoxy) is 1. The lowest BCUT2D eigenvalue weighted by molar-refractivity contribution is -0.119. The first-order valence-electron chi connectivity index (χ1n) is 8.50. The molecule has 3 N–H and O–H groups in total. The lowest BCUT2D eigenvalue weighted by atomic mass is 10.1. The second-order valence-electron chi connectivity index (χ2n) is 5.77. The molecule has 7 heteroatoms. The Bertz CT molecular complexity index is 472. The van der Waals surface area contributed by atoms with Gasteiger partial charge in [0.05, 0.1) is 19.4 Å². The van der Waals surface area contributed by atoms with E-state index < -0.39 is 0 Å². The first kappa shape index (κ1) is 20.0. The lowest BCUT2D eigenvalue weighted by Gasteiger charge is -2.12. The Morgan fingerprint density at radius 2 is 2.12 bits per heavy atom. The molecule has 0 spiro atoms. The molecule has 0 bridgehead atoms. The molecule has 1 heterocycles. The summed E-state index contributed by atoms with van der Waals surface area (Å²) in [7, 11) is 0. The molecule has 1 aromatic heterocycles. The summed E-state index contributed by atoms with van der Waals surface area (Å²) in [6, 6.07) is 3.60. The quantitative estimate of drug-likeness (QED) is 0.323. The van der Waals surface area contributed by atoms with E-state index in [-0.39, 0.29) is 12.5 Å². The van der Waals surface area contributed by atoms with Crippen LogP contribution in [0.2, 0.25) is 0 Å². The normalized spacial score (nSPS) is 11.6. The molecule has 0 fully saturated rings. The van der Waals surface area contributed by atoms with Crippen LogP contribution in [-0.4, -0.2) is 44.7 Å². The average molecular weight is 338 g/mol. The minimum atomic E-state index is -0.156. The van der Waals surface area contributed by atoms with Crippen molar-refractivity contribution in [3.05, 3.63) is 24.2 Å². The fourth-order valence-electron chi connectivity index (χ4n) is 1.81. The number of aliphatic imine (C=N–C) groups is 1. The minimum Gasteiger partial charge on any atom is -0.467 e. The van der Waals surface area contributed by atoms with Gasteiger partial charge in [-0.1, -0.05) is 13.8 Å². The number of nitrogens with zero attached hydrogens (tertiary/aromatic N) is 1. The highest BCUT2D eigenvalue weighted by atomic mass is 16.5. The van der Waals surface area contributed by atoms with Crippen molar-refractivity contribution in [1.82, 2.24) is 16.0 Å². The Hall–Kier alpha value is -2.02. The van der Waals surface area contributed by atoms with Gasteiger partial charge in [-0.05, 0) is 31.4 Å². The number of carbonyl (C=O) groups excluding carboxylic acids is 1. The highest BCUT2D eigenvalue weighted by molar-refractivity contribution is 5.84. The molecular weight excluding hydrogens is 308 g/mol. The predicted molar refractivity (Wildman–Crippen MR) is 94.8 cm³/mol. The van der Waals surface area contributed by atoms with Gasteiger partial charge < -0.3 is 25.1 Å². The third-order valence-corrected chi connectivity index (χ3v) is 3.14. The maximum Gasteiger partial charge on any atom is 0.242 e. The molecule has 0 aliphatic heterocycles. The first-order chi connectivity index (χ1) is 11.6. The van der Waals surface area contributed by atoms with Crippen molar-refractivity contribution >= 4 is 11.9 Å². The summed E-state index contributed by atoms with van der Waals surface area (Å²) >= 11 is 0. The third kappa shape index (κ3) is 9.89. The number of furan rings is 1. The van der Waals surface area contributed by atoms with Gasteiger partial charge in [0.2, 0.25) is 5.91 Å². The minimum absolute atomic E-state index is 0.0598. The van der Waals surface area contributed by atoms with E-state index in [0.717, 1.165) is 25.3 Å². The SMILES string of the molecule is CCNC(=NCC(=O)NCc1ccco1)NCCOCCC(C)C. The standard InChI is InChI=1S/C17H30N4O3/c1-4-18-17(19-8-11-23-10-7-14(2)3)21-13-16(22)20-12-15-6-5-9-24-15/h5-6,9,14H,4,7-8,10-13H2,1-3H3,(H,20,22)(H2,18,19,21). The van der Waals surface area contributed by atoms with E-state index in [1.54, 1.807) is 12.3 Å². The highest BCUT2D eigenvalue weighted by Gasteiger charge is 2.03. The van der Waals surface area contributed by atoms with E-state index >= 15 is 0 Å². The van der Waals surface area contributed by atoms with Gasteiger partial charge in [-0.2, -0.15) is 0 Å². The molecule has 0 unspecified atom stereocenters. The monoisotopic (exact) mass is 338 g/mol. The maximum absolute atomic E-state index is 11.8. The molecule has 0 atom stereocenters. The number of guanidine groups is 1. The van der Waals surface area contributed by atoms with Gasteiger partial charge in [0.15, 0.2) is 5.96 Å². The smallest absolute Gasteiger partial charge is 0.242 e.